The summed E-state index contributed by atoms with van der Waals surface area (Å²) in [7, 11) is 3.51. The molecule has 0 aliphatic carbocycles. The number of nitrogens with zero attached hydrogens (tertiary/aromatic N) is 1. The van der Waals surface area contributed by atoms with Crippen LogP contribution in [0, 0.1) is 11.2 Å². The van der Waals surface area contributed by atoms with Crippen molar-refractivity contribution in [3.63, 3.8) is 0 Å². The molecule has 1 heterocycles. The van der Waals surface area contributed by atoms with Crippen molar-refractivity contribution in [3.05, 3.63) is 29.6 Å². The minimum atomic E-state index is -0.375. The highest BCUT2D eigenvalue weighted by Crippen LogP contribution is 2.35. The molecular formula is C15H22FN3O. The predicted octanol–water partition coefficient (Wildman–Crippen LogP) is 1.51. The quantitative estimate of drug-likeness (QED) is 0.878. The van der Waals surface area contributed by atoms with Gasteiger partial charge in [0, 0.05) is 32.4 Å². The normalized spacial score (nSPS) is 22.1. The smallest absolute Gasteiger partial charge is 0.227 e. The average Bonchev–Trinajstić information content (AvgIpc) is 2.82. The minimum absolute atomic E-state index is 0.0669. The van der Waals surface area contributed by atoms with Crippen molar-refractivity contribution in [2.45, 2.75) is 19.9 Å². The Morgan fingerprint density at radius 2 is 2.20 bits per heavy atom. The third-order valence-electron chi connectivity index (χ3n) is 4.00. The topological polar surface area (TPSA) is 44.4 Å². The Labute approximate surface area is 119 Å². The van der Waals surface area contributed by atoms with Gasteiger partial charge in [-0.25, -0.2) is 4.39 Å². The van der Waals surface area contributed by atoms with E-state index >= 15 is 0 Å². The van der Waals surface area contributed by atoms with E-state index in [1.165, 1.54) is 6.07 Å². The van der Waals surface area contributed by atoms with Gasteiger partial charge in [-0.05, 0) is 44.2 Å². The molecule has 1 aromatic carbocycles. The molecule has 2 N–H and O–H groups in total. The fourth-order valence-corrected chi connectivity index (χ4v) is 2.85. The second kappa shape index (κ2) is 5.79. The van der Waals surface area contributed by atoms with Gasteiger partial charge in [-0.2, -0.15) is 0 Å². The van der Waals surface area contributed by atoms with Crippen LogP contribution in [0.2, 0.25) is 0 Å². The summed E-state index contributed by atoms with van der Waals surface area (Å²) in [6.07, 6.45) is 0.809. The maximum absolute atomic E-state index is 13.4. The van der Waals surface area contributed by atoms with Gasteiger partial charge < -0.3 is 15.5 Å². The first-order valence-electron chi connectivity index (χ1n) is 6.90. The summed E-state index contributed by atoms with van der Waals surface area (Å²) in [6, 6.07) is 4.84. The van der Waals surface area contributed by atoms with Gasteiger partial charge >= 0.3 is 0 Å². The van der Waals surface area contributed by atoms with Gasteiger partial charge in [0.2, 0.25) is 5.91 Å². The molecule has 0 spiro atoms. The van der Waals surface area contributed by atoms with Crippen molar-refractivity contribution in [1.82, 2.24) is 10.6 Å². The summed E-state index contributed by atoms with van der Waals surface area (Å²) >= 11 is 0. The Bertz CT molecular complexity index is 506. The summed E-state index contributed by atoms with van der Waals surface area (Å²) in [5.41, 5.74) is 1.56. The van der Waals surface area contributed by atoms with E-state index in [0.717, 1.165) is 24.2 Å². The molecule has 2 rings (SSSR count). The van der Waals surface area contributed by atoms with Crippen LogP contribution in [-0.4, -0.2) is 33.1 Å². The SMILES string of the molecule is CNCc1cc(F)ccc1N1CCC(C)(C(=O)NC)C1. The lowest BCUT2D eigenvalue weighted by Crippen LogP contribution is -2.39. The van der Waals surface area contributed by atoms with E-state index in [4.69, 9.17) is 0 Å². The third kappa shape index (κ3) is 2.77. The molecule has 110 valence electrons. The molecule has 1 atom stereocenters. The summed E-state index contributed by atoms with van der Waals surface area (Å²) in [5.74, 6) is -0.162. The summed E-state index contributed by atoms with van der Waals surface area (Å²) in [6.45, 7) is 4.06. The van der Waals surface area contributed by atoms with Gasteiger partial charge in [0.25, 0.3) is 0 Å². The van der Waals surface area contributed by atoms with Gasteiger partial charge in [-0.15, -0.1) is 0 Å². The van der Waals surface area contributed by atoms with E-state index in [9.17, 15) is 9.18 Å². The number of hydrogen-bond donors (Lipinski definition) is 2. The number of rotatable bonds is 4. The number of carbonyl (C=O) groups is 1. The molecule has 1 aliphatic heterocycles. The molecule has 1 aromatic rings. The second-order valence-corrected chi connectivity index (χ2v) is 5.61. The first-order chi connectivity index (χ1) is 9.50. The number of hydrogen-bond acceptors (Lipinski definition) is 3. The summed E-state index contributed by atoms with van der Waals surface area (Å²) < 4.78 is 13.4. The van der Waals surface area contributed by atoms with Crippen molar-refractivity contribution in [2.24, 2.45) is 5.41 Å². The number of benzene rings is 1. The van der Waals surface area contributed by atoms with Gasteiger partial charge in [0.1, 0.15) is 5.82 Å². The van der Waals surface area contributed by atoms with Crippen LogP contribution in [0.1, 0.15) is 18.9 Å². The van der Waals surface area contributed by atoms with E-state index in [0.29, 0.717) is 13.1 Å². The summed E-state index contributed by atoms with van der Waals surface area (Å²) in [4.78, 5) is 14.1. The molecule has 1 aliphatic rings. The monoisotopic (exact) mass is 279 g/mol. The van der Waals surface area contributed by atoms with Crippen LogP contribution in [-0.2, 0) is 11.3 Å². The van der Waals surface area contributed by atoms with E-state index in [1.54, 1.807) is 19.2 Å². The lowest BCUT2D eigenvalue weighted by molar-refractivity contribution is -0.128. The molecule has 0 radical (unpaired) electrons. The number of amides is 1. The van der Waals surface area contributed by atoms with E-state index in [2.05, 4.69) is 15.5 Å². The largest absolute Gasteiger partial charge is 0.370 e. The van der Waals surface area contributed by atoms with Crippen LogP contribution in [0.5, 0.6) is 0 Å². The highest BCUT2D eigenvalue weighted by atomic mass is 19.1. The zero-order valence-electron chi connectivity index (χ0n) is 12.3. The molecule has 1 amide bonds. The highest BCUT2D eigenvalue weighted by Gasteiger charge is 2.40. The van der Waals surface area contributed by atoms with Gasteiger partial charge in [-0.3, -0.25) is 4.79 Å². The number of anilines is 1. The van der Waals surface area contributed by atoms with Crippen LogP contribution in [0.25, 0.3) is 0 Å². The Morgan fingerprint density at radius 1 is 1.45 bits per heavy atom. The molecule has 1 saturated heterocycles. The Balaban J connectivity index is 2.24. The van der Waals surface area contributed by atoms with Crippen LogP contribution in [0.3, 0.4) is 0 Å². The molecule has 20 heavy (non-hydrogen) atoms. The maximum Gasteiger partial charge on any atom is 0.227 e. The molecule has 5 heteroatoms. The number of halogens is 1. The first-order valence-corrected chi connectivity index (χ1v) is 6.90. The Morgan fingerprint density at radius 3 is 2.85 bits per heavy atom. The van der Waals surface area contributed by atoms with Crippen molar-refractivity contribution in [3.8, 4) is 0 Å². The lowest BCUT2D eigenvalue weighted by Gasteiger charge is -2.25. The number of nitrogens with one attached hydrogen (secondary N) is 2. The standard InChI is InChI=1S/C15H22FN3O/c1-15(14(20)18-3)6-7-19(10-15)13-5-4-12(16)8-11(13)9-17-2/h4-5,8,17H,6-7,9-10H2,1-3H3,(H,18,20). The Hall–Kier alpha value is -1.62. The van der Waals surface area contributed by atoms with E-state index < -0.39 is 0 Å². The average molecular weight is 279 g/mol. The molecule has 1 unspecified atom stereocenters. The van der Waals surface area contributed by atoms with Crippen LogP contribution < -0.4 is 15.5 Å². The molecule has 0 saturated carbocycles. The first kappa shape index (κ1) is 14.8. The third-order valence-corrected chi connectivity index (χ3v) is 4.00. The maximum atomic E-state index is 13.4. The molecule has 0 aromatic heterocycles. The fraction of sp³-hybridized carbons (Fsp3) is 0.533. The van der Waals surface area contributed by atoms with E-state index in [1.807, 2.05) is 14.0 Å². The highest BCUT2D eigenvalue weighted by molar-refractivity contribution is 5.83. The van der Waals surface area contributed by atoms with Crippen molar-refractivity contribution in [1.29, 1.82) is 0 Å². The number of carbonyl (C=O) groups excluding carboxylic acids is 1. The van der Waals surface area contributed by atoms with Crippen molar-refractivity contribution < 1.29 is 9.18 Å². The zero-order valence-corrected chi connectivity index (χ0v) is 12.3. The van der Waals surface area contributed by atoms with Gasteiger partial charge in [-0.1, -0.05) is 0 Å². The van der Waals surface area contributed by atoms with E-state index in [-0.39, 0.29) is 17.1 Å². The van der Waals surface area contributed by atoms with Crippen molar-refractivity contribution in [2.75, 3.05) is 32.1 Å². The zero-order chi connectivity index (χ0) is 14.8. The Kier molecular flexibility index (Phi) is 4.28. The van der Waals surface area contributed by atoms with Crippen molar-refractivity contribution >= 4 is 11.6 Å². The second-order valence-electron chi connectivity index (χ2n) is 5.61. The van der Waals surface area contributed by atoms with Gasteiger partial charge in [0.05, 0.1) is 5.41 Å². The summed E-state index contributed by atoms with van der Waals surface area (Å²) in [5, 5.41) is 5.79. The van der Waals surface area contributed by atoms with Crippen LogP contribution in [0.15, 0.2) is 18.2 Å². The minimum Gasteiger partial charge on any atom is -0.370 e. The molecule has 4 nitrogen and oxygen atoms in total. The van der Waals surface area contributed by atoms with Gasteiger partial charge in [0.15, 0.2) is 0 Å². The lowest BCUT2D eigenvalue weighted by atomic mass is 9.89. The molecular weight excluding hydrogens is 257 g/mol. The fourth-order valence-electron chi connectivity index (χ4n) is 2.85. The van der Waals surface area contributed by atoms with Crippen LogP contribution >= 0.6 is 0 Å². The molecule has 0 bridgehead atoms. The van der Waals surface area contributed by atoms with Crippen LogP contribution in [0.4, 0.5) is 10.1 Å². The predicted molar refractivity (Wildman–Crippen MR) is 78.2 cm³/mol. The molecule has 1 fully saturated rings.